The van der Waals surface area contributed by atoms with Crippen molar-refractivity contribution < 1.29 is 0 Å². The van der Waals surface area contributed by atoms with Crippen LogP contribution >= 0.6 is 0 Å². The van der Waals surface area contributed by atoms with E-state index in [0.717, 1.165) is 24.5 Å². The molecule has 60 valence electrons. The third-order valence-corrected chi connectivity index (χ3v) is 4.30. The second-order valence-electron chi connectivity index (χ2n) is 5.01. The van der Waals surface area contributed by atoms with Gasteiger partial charge in [-0.15, -0.1) is 0 Å². The van der Waals surface area contributed by atoms with Crippen LogP contribution in [0.5, 0.6) is 0 Å². The molecular formula is C9H16BN. The maximum atomic E-state index is 6.17. The summed E-state index contributed by atoms with van der Waals surface area (Å²) < 4.78 is 0. The van der Waals surface area contributed by atoms with Gasteiger partial charge in [0, 0.05) is 0 Å². The number of hydrogen-bond donors (Lipinski definition) is 1. The number of rotatable bonds is 0. The summed E-state index contributed by atoms with van der Waals surface area (Å²) in [7, 11) is 0. The second kappa shape index (κ2) is 2.04. The summed E-state index contributed by atoms with van der Waals surface area (Å²) in [5, 5.41) is 0. The first-order valence-electron chi connectivity index (χ1n) is 5.08. The minimum absolute atomic E-state index is 0.586. The zero-order chi connectivity index (χ0) is 7.42. The van der Waals surface area contributed by atoms with Crippen LogP contribution in [0.1, 0.15) is 19.3 Å². The molecule has 3 heterocycles. The quantitative estimate of drug-likeness (QED) is 0.517. The Hall–Kier alpha value is 0.0249. The Balaban J connectivity index is 1.91. The summed E-state index contributed by atoms with van der Waals surface area (Å²) in [5.74, 6) is 3.67. The molecular weight excluding hydrogens is 133 g/mol. The van der Waals surface area contributed by atoms with Gasteiger partial charge in [-0.3, -0.25) is 0 Å². The van der Waals surface area contributed by atoms with E-state index in [1.165, 1.54) is 25.5 Å². The Bertz CT molecular complexity index is 152. The molecule has 11 heavy (non-hydrogen) atoms. The van der Waals surface area contributed by atoms with Gasteiger partial charge in [-0.1, -0.05) is 12.6 Å². The summed E-state index contributed by atoms with van der Waals surface area (Å²) in [6.45, 7) is 0.922. The minimum Gasteiger partial charge on any atom is -0.334 e. The van der Waals surface area contributed by atoms with E-state index in [9.17, 15) is 0 Å². The number of hydrogen-bond acceptors (Lipinski definition) is 1. The van der Waals surface area contributed by atoms with Gasteiger partial charge in [-0.05, 0) is 43.0 Å². The smallest absolute Gasteiger partial charge is 0.160 e. The Morgan fingerprint density at radius 2 is 1.64 bits per heavy atom. The molecule has 3 saturated heterocycles. The monoisotopic (exact) mass is 149 g/mol. The van der Waals surface area contributed by atoms with Crippen molar-refractivity contribution in [3.63, 3.8) is 0 Å². The molecule has 4 aliphatic rings. The summed E-state index contributed by atoms with van der Waals surface area (Å²) >= 11 is 0. The summed E-state index contributed by atoms with van der Waals surface area (Å²) in [6, 6.07) is 0. The molecule has 1 saturated carbocycles. The molecule has 2 N–H and O–H groups in total. The third-order valence-electron chi connectivity index (χ3n) is 4.30. The molecule has 1 aliphatic carbocycles. The fourth-order valence-electron chi connectivity index (χ4n) is 3.97. The molecule has 3 unspecified atom stereocenters. The maximum Gasteiger partial charge on any atom is 0.160 e. The molecule has 0 amide bonds. The number of nitrogens with two attached hydrogens (primary N) is 1. The Kier molecular flexibility index (Phi) is 1.21. The maximum absolute atomic E-state index is 6.17. The standard InChI is InChI=1S/C9H16BN/c11-9-8-2-6-1-7(3-8)5-10(9)4-6/h6-9H,1-5,11H2. The molecule has 0 aromatic heterocycles. The Labute approximate surface area is 68.8 Å². The molecule has 2 heteroatoms. The van der Waals surface area contributed by atoms with Crippen molar-refractivity contribution in [3.8, 4) is 0 Å². The van der Waals surface area contributed by atoms with Gasteiger partial charge in [0.1, 0.15) is 0 Å². The molecule has 3 atom stereocenters. The highest BCUT2D eigenvalue weighted by Gasteiger charge is 2.48. The normalized spacial score (nSPS) is 53.7. The SMILES string of the molecule is NC1B2CC3CC(C2)CC1C3. The van der Waals surface area contributed by atoms with Gasteiger partial charge in [0.15, 0.2) is 6.71 Å². The van der Waals surface area contributed by atoms with Gasteiger partial charge in [0.05, 0.1) is 0 Å². The van der Waals surface area contributed by atoms with Crippen LogP contribution in [0.3, 0.4) is 0 Å². The van der Waals surface area contributed by atoms with Crippen molar-refractivity contribution in [2.24, 2.45) is 23.5 Å². The van der Waals surface area contributed by atoms with Crippen LogP contribution in [0.4, 0.5) is 0 Å². The summed E-state index contributed by atoms with van der Waals surface area (Å²) in [5.41, 5.74) is 6.17. The lowest BCUT2D eigenvalue weighted by molar-refractivity contribution is 0.170. The zero-order valence-corrected chi connectivity index (χ0v) is 7.00. The molecule has 3 aliphatic heterocycles. The van der Waals surface area contributed by atoms with Gasteiger partial charge in [0.25, 0.3) is 0 Å². The van der Waals surface area contributed by atoms with Gasteiger partial charge in [-0.2, -0.15) is 0 Å². The fraction of sp³-hybridized carbons (Fsp3) is 1.00. The molecule has 0 aromatic rings. The summed E-state index contributed by atoms with van der Waals surface area (Å²) in [6.07, 6.45) is 7.41. The van der Waals surface area contributed by atoms with Crippen molar-refractivity contribution in [2.75, 3.05) is 0 Å². The highest BCUT2D eigenvalue weighted by atomic mass is 14.7. The van der Waals surface area contributed by atoms with Gasteiger partial charge in [0.2, 0.25) is 0 Å². The predicted molar refractivity (Wildman–Crippen MR) is 47.7 cm³/mol. The molecule has 1 nitrogen and oxygen atoms in total. The van der Waals surface area contributed by atoms with E-state index < -0.39 is 0 Å². The van der Waals surface area contributed by atoms with E-state index in [-0.39, 0.29) is 0 Å². The second-order valence-corrected chi connectivity index (χ2v) is 5.01. The van der Waals surface area contributed by atoms with Crippen molar-refractivity contribution in [1.82, 2.24) is 0 Å². The van der Waals surface area contributed by atoms with E-state index >= 15 is 0 Å². The Morgan fingerprint density at radius 1 is 1.00 bits per heavy atom. The van der Waals surface area contributed by atoms with Crippen molar-refractivity contribution >= 4 is 6.71 Å². The summed E-state index contributed by atoms with van der Waals surface area (Å²) in [4.78, 5) is 0. The average molecular weight is 149 g/mol. The van der Waals surface area contributed by atoms with E-state index in [1.54, 1.807) is 6.42 Å². The highest BCUT2D eigenvalue weighted by molar-refractivity contribution is 6.61. The molecule has 4 rings (SSSR count). The Morgan fingerprint density at radius 3 is 2.18 bits per heavy atom. The van der Waals surface area contributed by atoms with Gasteiger partial charge >= 0.3 is 0 Å². The molecule has 4 bridgehead atoms. The van der Waals surface area contributed by atoms with Crippen LogP contribution < -0.4 is 5.73 Å². The van der Waals surface area contributed by atoms with Crippen LogP contribution in [-0.4, -0.2) is 12.7 Å². The lowest BCUT2D eigenvalue weighted by Crippen LogP contribution is -2.57. The van der Waals surface area contributed by atoms with E-state index in [2.05, 4.69) is 0 Å². The molecule has 0 radical (unpaired) electrons. The van der Waals surface area contributed by atoms with E-state index in [0.29, 0.717) is 5.94 Å². The average Bonchev–Trinajstić information content (AvgIpc) is 1.98. The first kappa shape index (κ1) is 6.53. The van der Waals surface area contributed by atoms with E-state index in [1.807, 2.05) is 0 Å². The first-order valence-corrected chi connectivity index (χ1v) is 5.08. The van der Waals surface area contributed by atoms with Crippen LogP contribution in [0.15, 0.2) is 0 Å². The van der Waals surface area contributed by atoms with E-state index in [4.69, 9.17) is 5.73 Å². The molecule has 0 spiro atoms. The molecule has 4 fully saturated rings. The zero-order valence-electron chi connectivity index (χ0n) is 7.00. The topological polar surface area (TPSA) is 26.0 Å². The van der Waals surface area contributed by atoms with Crippen LogP contribution in [0.25, 0.3) is 0 Å². The van der Waals surface area contributed by atoms with Crippen LogP contribution in [0.2, 0.25) is 12.6 Å². The van der Waals surface area contributed by atoms with Gasteiger partial charge in [-0.25, -0.2) is 0 Å². The first-order chi connectivity index (χ1) is 5.33. The third kappa shape index (κ3) is 0.822. The largest absolute Gasteiger partial charge is 0.334 e. The highest BCUT2D eigenvalue weighted by Crippen LogP contribution is 2.50. The lowest BCUT2D eigenvalue weighted by atomic mass is 9.25. The molecule has 0 aromatic carbocycles. The fourth-order valence-corrected chi connectivity index (χ4v) is 3.97. The van der Waals surface area contributed by atoms with Crippen molar-refractivity contribution in [3.05, 3.63) is 0 Å². The predicted octanol–water partition coefficient (Wildman–Crippen LogP) is 1.41. The van der Waals surface area contributed by atoms with Crippen LogP contribution in [-0.2, 0) is 0 Å². The van der Waals surface area contributed by atoms with Crippen molar-refractivity contribution in [2.45, 2.75) is 37.8 Å². The van der Waals surface area contributed by atoms with Gasteiger partial charge < -0.3 is 5.73 Å². The van der Waals surface area contributed by atoms with Crippen molar-refractivity contribution in [1.29, 1.82) is 0 Å². The van der Waals surface area contributed by atoms with Crippen LogP contribution in [0, 0.1) is 17.8 Å². The lowest BCUT2D eigenvalue weighted by Gasteiger charge is -2.52. The minimum atomic E-state index is 0.586.